The molecule has 0 atom stereocenters. The Bertz CT molecular complexity index is 138. The number of rotatable bonds is 2. The summed E-state index contributed by atoms with van der Waals surface area (Å²) in [5.41, 5.74) is 5.27. The van der Waals surface area contributed by atoms with Crippen LogP contribution in [-0.4, -0.2) is 24.0 Å². The van der Waals surface area contributed by atoms with E-state index >= 15 is 0 Å². The Morgan fingerprint density at radius 1 is 1.45 bits per heavy atom. The van der Waals surface area contributed by atoms with Gasteiger partial charge in [-0.3, -0.25) is 0 Å². The smallest absolute Gasteiger partial charge is 0.314 e. The van der Waals surface area contributed by atoms with Crippen LogP contribution < -0.4 is 5.73 Å². The van der Waals surface area contributed by atoms with E-state index in [1.807, 2.05) is 6.92 Å². The molecule has 0 fully saturated rings. The van der Waals surface area contributed by atoms with Crippen LogP contribution in [0.1, 0.15) is 27.7 Å². The van der Waals surface area contributed by atoms with Crippen molar-refractivity contribution < 1.29 is 4.79 Å². The van der Waals surface area contributed by atoms with Crippen LogP contribution in [0.15, 0.2) is 0 Å². The highest BCUT2D eigenvalue weighted by molar-refractivity contribution is 5.71. The number of nitrogens with two attached hydrogens (primary N) is 1. The van der Waals surface area contributed by atoms with Crippen molar-refractivity contribution in [2.75, 3.05) is 13.1 Å². The zero-order valence-electron chi connectivity index (χ0n) is 7.85. The quantitative estimate of drug-likeness (QED) is 0.649. The second-order valence-corrected chi connectivity index (χ2v) is 3.91. The van der Waals surface area contributed by atoms with Gasteiger partial charge in [0.25, 0.3) is 0 Å². The third-order valence-corrected chi connectivity index (χ3v) is 1.36. The molecule has 0 aliphatic heterocycles. The first kappa shape index (κ1) is 10.3. The van der Waals surface area contributed by atoms with Gasteiger partial charge in [0.05, 0.1) is 0 Å². The molecule has 0 aromatic rings. The predicted octanol–water partition coefficient (Wildman–Crippen LogP) is 1.43. The topological polar surface area (TPSA) is 46.3 Å². The molecule has 0 aromatic carbocycles. The second-order valence-electron chi connectivity index (χ2n) is 3.91. The minimum Gasteiger partial charge on any atom is -0.351 e. The Kier molecular flexibility index (Phi) is 3.36. The number of carbonyl (C=O) groups is 1. The van der Waals surface area contributed by atoms with Gasteiger partial charge in [0, 0.05) is 13.1 Å². The summed E-state index contributed by atoms with van der Waals surface area (Å²) in [4.78, 5) is 12.4. The zero-order chi connectivity index (χ0) is 9.07. The van der Waals surface area contributed by atoms with Crippen LogP contribution in [0.3, 0.4) is 0 Å². The van der Waals surface area contributed by atoms with E-state index in [2.05, 4.69) is 20.8 Å². The highest BCUT2D eigenvalue weighted by Gasteiger charge is 2.16. The van der Waals surface area contributed by atoms with E-state index in [0.29, 0.717) is 6.54 Å². The third-order valence-electron chi connectivity index (χ3n) is 1.36. The van der Waals surface area contributed by atoms with E-state index in [1.165, 1.54) is 0 Å². The molecule has 0 rings (SSSR count). The molecule has 0 aliphatic rings. The second kappa shape index (κ2) is 3.60. The molecule has 3 heteroatoms. The van der Waals surface area contributed by atoms with E-state index in [9.17, 15) is 4.79 Å². The molecule has 0 heterocycles. The average Bonchev–Trinajstić information content (AvgIpc) is 1.80. The monoisotopic (exact) mass is 158 g/mol. The Morgan fingerprint density at radius 3 is 2.00 bits per heavy atom. The van der Waals surface area contributed by atoms with Crippen LogP contribution >= 0.6 is 0 Å². The van der Waals surface area contributed by atoms with Crippen molar-refractivity contribution in [3.05, 3.63) is 0 Å². The van der Waals surface area contributed by atoms with Gasteiger partial charge in [0.2, 0.25) is 0 Å². The lowest BCUT2D eigenvalue weighted by molar-refractivity contribution is 0.185. The molecule has 0 unspecified atom stereocenters. The molecule has 0 saturated carbocycles. The Balaban J connectivity index is 3.99. The van der Waals surface area contributed by atoms with Gasteiger partial charge in [-0.15, -0.1) is 0 Å². The van der Waals surface area contributed by atoms with E-state index in [4.69, 9.17) is 5.73 Å². The van der Waals surface area contributed by atoms with Gasteiger partial charge in [-0.25, -0.2) is 4.79 Å². The Hall–Kier alpha value is -0.730. The van der Waals surface area contributed by atoms with Crippen LogP contribution in [-0.2, 0) is 0 Å². The fourth-order valence-corrected chi connectivity index (χ4v) is 0.918. The number of hydrogen-bond donors (Lipinski definition) is 1. The lowest BCUT2D eigenvalue weighted by atomic mass is 9.96. The first-order valence-electron chi connectivity index (χ1n) is 3.91. The molecule has 0 radical (unpaired) electrons. The number of primary amides is 1. The van der Waals surface area contributed by atoms with Crippen LogP contribution in [0, 0.1) is 5.41 Å². The number of carbonyl (C=O) groups excluding carboxylic acids is 1. The maximum atomic E-state index is 10.8. The summed E-state index contributed by atoms with van der Waals surface area (Å²) in [6, 6.07) is -0.331. The molecule has 2 N–H and O–H groups in total. The van der Waals surface area contributed by atoms with Gasteiger partial charge in [0.15, 0.2) is 0 Å². The normalized spacial score (nSPS) is 11.3. The Morgan fingerprint density at radius 2 is 1.91 bits per heavy atom. The molecular formula is C8H18N2O. The molecule has 3 nitrogen and oxygen atoms in total. The van der Waals surface area contributed by atoms with Gasteiger partial charge in [-0.2, -0.15) is 0 Å². The van der Waals surface area contributed by atoms with Crippen molar-refractivity contribution in [1.29, 1.82) is 0 Å². The highest BCUT2D eigenvalue weighted by atomic mass is 16.2. The molecule has 2 amide bonds. The van der Waals surface area contributed by atoms with Crippen molar-refractivity contribution >= 4 is 6.03 Å². The molecule has 0 saturated heterocycles. The summed E-state index contributed by atoms with van der Waals surface area (Å²) in [7, 11) is 0. The summed E-state index contributed by atoms with van der Waals surface area (Å²) >= 11 is 0. The van der Waals surface area contributed by atoms with Crippen LogP contribution in [0.5, 0.6) is 0 Å². The fraction of sp³-hybridized carbons (Fsp3) is 0.875. The molecule has 0 aromatic heterocycles. The largest absolute Gasteiger partial charge is 0.351 e. The van der Waals surface area contributed by atoms with Gasteiger partial charge >= 0.3 is 6.03 Å². The SMILES string of the molecule is CCN(CC(C)(C)C)C(N)=O. The van der Waals surface area contributed by atoms with Crippen LogP contribution in [0.4, 0.5) is 4.79 Å². The van der Waals surface area contributed by atoms with E-state index in [1.54, 1.807) is 4.90 Å². The molecule has 0 bridgehead atoms. The van der Waals surface area contributed by atoms with Crippen molar-refractivity contribution in [1.82, 2.24) is 4.90 Å². The molecule has 11 heavy (non-hydrogen) atoms. The summed E-state index contributed by atoms with van der Waals surface area (Å²) in [5, 5.41) is 0. The zero-order valence-corrected chi connectivity index (χ0v) is 7.85. The lowest BCUT2D eigenvalue weighted by Gasteiger charge is -2.27. The van der Waals surface area contributed by atoms with Crippen LogP contribution in [0.2, 0.25) is 0 Å². The number of amides is 2. The maximum absolute atomic E-state index is 10.8. The van der Waals surface area contributed by atoms with Crippen molar-refractivity contribution in [3.63, 3.8) is 0 Å². The highest BCUT2D eigenvalue weighted by Crippen LogP contribution is 2.14. The predicted molar refractivity (Wildman–Crippen MR) is 46.3 cm³/mol. The van der Waals surface area contributed by atoms with Gasteiger partial charge < -0.3 is 10.6 Å². The molecule has 0 aliphatic carbocycles. The van der Waals surface area contributed by atoms with Gasteiger partial charge in [0.1, 0.15) is 0 Å². The molecule has 0 spiro atoms. The minimum atomic E-state index is -0.331. The number of hydrogen-bond acceptors (Lipinski definition) is 1. The number of nitrogens with zero attached hydrogens (tertiary/aromatic N) is 1. The summed E-state index contributed by atoms with van der Waals surface area (Å²) < 4.78 is 0. The first-order chi connectivity index (χ1) is 4.87. The first-order valence-corrected chi connectivity index (χ1v) is 3.91. The van der Waals surface area contributed by atoms with Crippen molar-refractivity contribution in [3.8, 4) is 0 Å². The summed E-state index contributed by atoms with van der Waals surface area (Å²) in [6.07, 6.45) is 0. The maximum Gasteiger partial charge on any atom is 0.314 e. The van der Waals surface area contributed by atoms with Gasteiger partial charge in [-0.05, 0) is 12.3 Å². The van der Waals surface area contributed by atoms with Crippen molar-refractivity contribution in [2.24, 2.45) is 11.1 Å². The summed E-state index contributed by atoms with van der Waals surface area (Å²) in [6.45, 7) is 9.58. The third kappa shape index (κ3) is 4.65. The summed E-state index contributed by atoms with van der Waals surface area (Å²) in [5.74, 6) is 0. The standard InChI is InChI=1S/C8H18N2O/c1-5-10(7(9)11)6-8(2,3)4/h5-6H2,1-4H3,(H2,9,11). The van der Waals surface area contributed by atoms with E-state index in [-0.39, 0.29) is 11.4 Å². The van der Waals surface area contributed by atoms with Crippen LogP contribution in [0.25, 0.3) is 0 Å². The number of urea groups is 1. The van der Waals surface area contributed by atoms with E-state index < -0.39 is 0 Å². The molecule has 66 valence electrons. The lowest BCUT2D eigenvalue weighted by Crippen LogP contribution is -2.40. The van der Waals surface area contributed by atoms with Gasteiger partial charge in [-0.1, -0.05) is 20.8 Å². The average molecular weight is 158 g/mol. The Labute approximate surface area is 68.6 Å². The van der Waals surface area contributed by atoms with Crippen molar-refractivity contribution in [2.45, 2.75) is 27.7 Å². The fourth-order valence-electron chi connectivity index (χ4n) is 0.918. The molecular weight excluding hydrogens is 140 g/mol. The minimum absolute atomic E-state index is 0.130. The van der Waals surface area contributed by atoms with E-state index in [0.717, 1.165) is 6.54 Å².